The fourth-order valence-corrected chi connectivity index (χ4v) is 3.22. The molecule has 0 aromatic carbocycles. The van der Waals surface area contributed by atoms with Crippen molar-refractivity contribution in [1.29, 1.82) is 0 Å². The van der Waals surface area contributed by atoms with Crippen molar-refractivity contribution in [2.24, 2.45) is 11.3 Å². The molecule has 0 atom stereocenters. The second kappa shape index (κ2) is 6.22. The molecule has 0 radical (unpaired) electrons. The molecule has 0 spiro atoms. The lowest BCUT2D eigenvalue weighted by atomic mass is 9.75. The van der Waals surface area contributed by atoms with E-state index in [1.165, 1.54) is 51.5 Å². The summed E-state index contributed by atoms with van der Waals surface area (Å²) in [6, 6.07) is 0. The van der Waals surface area contributed by atoms with E-state index >= 15 is 0 Å². The average molecular weight is 239 g/mol. The molecule has 0 bridgehead atoms. The standard InChI is InChI=1S/C16H33N/c1-6-14(7-2)12-16(10-8-9-11-16)13-17-15(3,4)5/h14,17H,6-13H2,1-5H3. The summed E-state index contributed by atoms with van der Waals surface area (Å²) in [7, 11) is 0. The van der Waals surface area contributed by atoms with E-state index in [1.54, 1.807) is 0 Å². The normalized spacial score (nSPS) is 20.1. The van der Waals surface area contributed by atoms with Crippen molar-refractivity contribution in [3.05, 3.63) is 0 Å². The molecule has 0 saturated heterocycles. The predicted molar refractivity (Wildman–Crippen MR) is 77.3 cm³/mol. The van der Waals surface area contributed by atoms with Crippen molar-refractivity contribution in [3.8, 4) is 0 Å². The van der Waals surface area contributed by atoms with Crippen molar-refractivity contribution < 1.29 is 0 Å². The Hall–Kier alpha value is -0.0400. The number of rotatable bonds is 6. The summed E-state index contributed by atoms with van der Waals surface area (Å²) in [6.07, 6.45) is 9.96. The summed E-state index contributed by atoms with van der Waals surface area (Å²) in [5.41, 5.74) is 0.882. The van der Waals surface area contributed by atoms with Gasteiger partial charge in [0.05, 0.1) is 0 Å². The maximum Gasteiger partial charge on any atom is 0.00967 e. The molecule has 1 aliphatic carbocycles. The molecule has 0 unspecified atom stereocenters. The van der Waals surface area contributed by atoms with Gasteiger partial charge in [0.1, 0.15) is 0 Å². The zero-order chi connectivity index (χ0) is 12.9. The lowest BCUT2D eigenvalue weighted by Gasteiger charge is -2.36. The Morgan fingerprint density at radius 1 is 1.06 bits per heavy atom. The van der Waals surface area contributed by atoms with Crippen LogP contribution < -0.4 is 5.32 Å². The summed E-state index contributed by atoms with van der Waals surface area (Å²) in [5.74, 6) is 0.940. The Balaban J connectivity index is 2.56. The fourth-order valence-electron chi connectivity index (χ4n) is 3.22. The molecular formula is C16H33N. The van der Waals surface area contributed by atoms with Gasteiger partial charge < -0.3 is 5.32 Å². The Kier molecular flexibility index (Phi) is 5.50. The van der Waals surface area contributed by atoms with Crippen molar-refractivity contribution in [3.63, 3.8) is 0 Å². The first kappa shape index (κ1) is 15.0. The molecule has 1 rings (SSSR count). The molecule has 1 fully saturated rings. The van der Waals surface area contributed by atoms with Gasteiger partial charge in [-0.15, -0.1) is 0 Å². The average Bonchev–Trinajstić information content (AvgIpc) is 2.72. The van der Waals surface area contributed by atoms with E-state index in [2.05, 4.69) is 39.9 Å². The predicted octanol–water partition coefficient (Wildman–Crippen LogP) is 4.76. The smallest absolute Gasteiger partial charge is 0.00967 e. The van der Waals surface area contributed by atoms with Gasteiger partial charge in [0.2, 0.25) is 0 Å². The lowest BCUT2D eigenvalue weighted by Crippen LogP contribution is -2.43. The van der Waals surface area contributed by atoms with E-state index in [-0.39, 0.29) is 5.54 Å². The molecule has 1 heteroatoms. The number of hydrogen-bond acceptors (Lipinski definition) is 1. The van der Waals surface area contributed by atoms with Crippen molar-refractivity contribution in [1.82, 2.24) is 5.32 Å². The van der Waals surface area contributed by atoms with Crippen LogP contribution in [0.3, 0.4) is 0 Å². The van der Waals surface area contributed by atoms with Crippen LogP contribution in [-0.4, -0.2) is 12.1 Å². The third-order valence-electron chi connectivity index (χ3n) is 4.53. The molecule has 1 nitrogen and oxygen atoms in total. The van der Waals surface area contributed by atoms with E-state index in [1.807, 2.05) is 0 Å². The quantitative estimate of drug-likeness (QED) is 0.704. The molecule has 0 amide bonds. The highest BCUT2D eigenvalue weighted by Gasteiger charge is 2.35. The molecule has 1 aliphatic rings. The van der Waals surface area contributed by atoms with Crippen LogP contribution in [0.2, 0.25) is 0 Å². The Morgan fingerprint density at radius 3 is 2.00 bits per heavy atom. The van der Waals surface area contributed by atoms with E-state index in [4.69, 9.17) is 0 Å². The van der Waals surface area contributed by atoms with Gasteiger partial charge in [-0.05, 0) is 51.4 Å². The van der Waals surface area contributed by atoms with E-state index in [0.29, 0.717) is 5.41 Å². The van der Waals surface area contributed by atoms with Gasteiger partial charge >= 0.3 is 0 Å². The van der Waals surface area contributed by atoms with Crippen molar-refractivity contribution in [2.75, 3.05) is 6.54 Å². The third kappa shape index (κ3) is 4.99. The van der Waals surface area contributed by atoms with Gasteiger partial charge in [0.25, 0.3) is 0 Å². The SMILES string of the molecule is CCC(CC)CC1(CNC(C)(C)C)CCCC1. The highest BCUT2D eigenvalue weighted by molar-refractivity contribution is 4.90. The summed E-state index contributed by atoms with van der Waals surface area (Å²) in [5, 5.41) is 3.76. The third-order valence-corrected chi connectivity index (χ3v) is 4.53. The molecule has 0 aromatic rings. The van der Waals surface area contributed by atoms with Crippen LogP contribution in [0.25, 0.3) is 0 Å². The van der Waals surface area contributed by atoms with Crippen LogP contribution in [-0.2, 0) is 0 Å². The Labute approximate surface area is 109 Å². The lowest BCUT2D eigenvalue weighted by molar-refractivity contribution is 0.186. The Bertz CT molecular complexity index is 204. The van der Waals surface area contributed by atoms with Crippen LogP contribution >= 0.6 is 0 Å². The maximum absolute atomic E-state index is 3.76. The monoisotopic (exact) mass is 239 g/mol. The largest absolute Gasteiger partial charge is 0.312 e. The van der Waals surface area contributed by atoms with Gasteiger partial charge in [0.15, 0.2) is 0 Å². The van der Waals surface area contributed by atoms with Gasteiger partial charge in [-0.1, -0.05) is 39.5 Å². The highest BCUT2D eigenvalue weighted by atomic mass is 15.0. The first-order valence-electron chi connectivity index (χ1n) is 7.66. The molecule has 1 saturated carbocycles. The molecule has 1 N–H and O–H groups in total. The molecule has 0 aliphatic heterocycles. The van der Waals surface area contributed by atoms with E-state index in [0.717, 1.165) is 5.92 Å². The van der Waals surface area contributed by atoms with E-state index < -0.39 is 0 Å². The molecule has 0 heterocycles. The zero-order valence-electron chi connectivity index (χ0n) is 12.7. The van der Waals surface area contributed by atoms with E-state index in [9.17, 15) is 0 Å². The first-order chi connectivity index (χ1) is 7.91. The zero-order valence-corrected chi connectivity index (χ0v) is 12.7. The van der Waals surface area contributed by atoms with Crippen LogP contribution in [0.15, 0.2) is 0 Å². The van der Waals surface area contributed by atoms with Gasteiger partial charge in [-0.3, -0.25) is 0 Å². The molecule has 102 valence electrons. The minimum Gasteiger partial charge on any atom is -0.312 e. The summed E-state index contributed by atoms with van der Waals surface area (Å²) in [6.45, 7) is 12.8. The Morgan fingerprint density at radius 2 is 1.59 bits per heavy atom. The van der Waals surface area contributed by atoms with Crippen LogP contribution in [0, 0.1) is 11.3 Å². The second-order valence-corrected chi connectivity index (χ2v) is 7.20. The minimum absolute atomic E-state index is 0.267. The van der Waals surface area contributed by atoms with Gasteiger partial charge in [-0.2, -0.15) is 0 Å². The van der Waals surface area contributed by atoms with Gasteiger partial charge in [0, 0.05) is 12.1 Å². The van der Waals surface area contributed by atoms with Crippen molar-refractivity contribution >= 4 is 0 Å². The van der Waals surface area contributed by atoms with Crippen LogP contribution in [0.4, 0.5) is 0 Å². The minimum atomic E-state index is 0.267. The topological polar surface area (TPSA) is 12.0 Å². The number of hydrogen-bond donors (Lipinski definition) is 1. The molecular weight excluding hydrogens is 206 g/mol. The van der Waals surface area contributed by atoms with Crippen LogP contribution in [0.1, 0.15) is 79.6 Å². The number of nitrogens with one attached hydrogen (secondary N) is 1. The van der Waals surface area contributed by atoms with Crippen molar-refractivity contribution in [2.45, 2.75) is 85.1 Å². The summed E-state index contributed by atoms with van der Waals surface area (Å²) in [4.78, 5) is 0. The van der Waals surface area contributed by atoms with Gasteiger partial charge in [-0.25, -0.2) is 0 Å². The highest BCUT2D eigenvalue weighted by Crippen LogP contribution is 2.44. The van der Waals surface area contributed by atoms with Crippen LogP contribution in [0.5, 0.6) is 0 Å². The molecule has 17 heavy (non-hydrogen) atoms. The first-order valence-corrected chi connectivity index (χ1v) is 7.66. The maximum atomic E-state index is 3.76. The summed E-state index contributed by atoms with van der Waals surface area (Å²) >= 11 is 0. The molecule has 0 aromatic heterocycles. The summed E-state index contributed by atoms with van der Waals surface area (Å²) < 4.78 is 0. The fraction of sp³-hybridized carbons (Fsp3) is 1.00. The second-order valence-electron chi connectivity index (χ2n) is 7.20.